The summed E-state index contributed by atoms with van der Waals surface area (Å²) in [4.78, 5) is 76.5. The quantitative estimate of drug-likeness (QED) is 0.259. The fourth-order valence-corrected chi connectivity index (χ4v) is 4.52. The molecule has 0 fully saturated rings. The molecule has 0 aromatic heterocycles. The number of rotatable bonds is 9. The van der Waals surface area contributed by atoms with E-state index < -0.39 is 54.8 Å². The van der Waals surface area contributed by atoms with Crippen LogP contribution in [0.3, 0.4) is 0 Å². The van der Waals surface area contributed by atoms with Gasteiger partial charge in [0.25, 0.3) is 23.6 Å². The number of esters is 2. The maximum absolute atomic E-state index is 13.1. The van der Waals surface area contributed by atoms with E-state index in [4.69, 9.17) is 32.7 Å². The van der Waals surface area contributed by atoms with Crippen molar-refractivity contribution in [2.45, 2.75) is 26.8 Å². The van der Waals surface area contributed by atoms with Crippen LogP contribution < -0.4 is 10.6 Å². The van der Waals surface area contributed by atoms with Gasteiger partial charge in [-0.25, -0.2) is 9.59 Å². The number of imide groups is 1. The Morgan fingerprint density at radius 1 is 0.767 bits per heavy atom. The first-order valence-corrected chi connectivity index (χ1v) is 13.6. The summed E-state index contributed by atoms with van der Waals surface area (Å²) in [5, 5.41) is 6.07. The summed E-state index contributed by atoms with van der Waals surface area (Å²) in [5.74, 6) is -4.78. The molecule has 11 nitrogen and oxygen atoms in total. The minimum absolute atomic E-state index is 0.0375. The third kappa shape index (κ3) is 6.85. The predicted octanol–water partition coefficient (Wildman–Crippen LogP) is 4.57. The molecule has 0 saturated carbocycles. The number of benzene rings is 3. The van der Waals surface area contributed by atoms with Crippen molar-refractivity contribution in [1.82, 2.24) is 4.90 Å². The Balaban J connectivity index is 1.34. The number of nitrogens with one attached hydrogen (secondary N) is 2. The predicted molar refractivity (Wildman–Crippen MR) is 157 cm³/mol. The molecule has 3 aromatic rings. The van der Waals surface area contributed by atoms with Gasteiger partial charge >= 0.3 is 11.9 Å². The highest BCUT2D eigenvalue weighted by Gasteiger charge is 2.42. The van der Waals surface area contributed by atoms with Gasteiger partial charge in [-0.2, -0.15) is 0 Å². The van der Waals surface area contributed by atoms with Gasteiger partial charge in [-0.1, -0.05) is 35.3 Å². The number of ether oxygens (including phenoxy) is 2. The van der Waals surface area contributed by atoms with Crippen molar-refractivity contribution in [2.75, 3.05) is 23.8 Å². The second-order valence-corrected chi connectivity index (χ2v) is 10.3. The van der Waals surface area contributed by atoms with E-state index in [0.717, 1.165) is 6.07 Å². The molecule has 1 atom stereocenters. The van der Waals surface area contributed by atoms with Crippen LogP contribution in [0.1, 0.15) is 49.1 Å². The Hall–Kier alpha value is -4.74. The van der Waals surface area contributed by atoms with Crippen molar-refractivity contribution in [2.24, 2.45) is 0 Å². The van der Waals surface area contributed by atoms with Crippen molar-refractivity contribution in [3.8, 4) is 0 Å². The van der Waals surface area contributed by atoms with Crippen LogP contribution in [-0.4, -0.2) is 59.7 Å². The lowest BCUT2D eigenvalue weighted by Gasteiger charge is -2.20. The average molecular weight is 626 g/mol. The van der Waals surface area contributed by atoms with E-state index in [9.17, 15) is 28.8 Å². The van der Waals surface area contributed by atoms with E-state index in [-0.39, 0.29) is 16.7 Å². The average Bonchev–Trinajstić information content (AvgIpc) is 3.23. The largest absolute Gasteiger partial charge is 0.454 e. The number of nitrogens with zero attached hydrogens (tertiary/aromatic N) is 1. The van der Waals surface area contributed by atoms with Crippen molar-refractivity contribution >= 4 is 70.1 Å². The molecule has 1 heterocycles. The molecule has 0 aliphatic carbocycles. The standard InChI is InChI=1S/C30H25Cl2N3O8/c1-15-21(31)6-4-8-23(15)33-25(36)13-42-29(40)17(3)35-27(38)19-11-10-18(12-20(19)28(35)39)30(41)43-14-26(37)34-24-9-5-7-22(32)16(24)2/h4-12,17H,13-14H2,1-3H3,(H,33,36)(H,34,37). The lowest BCUT2D eigenvalue weighted by molar-refractivity contribution is -0.150. The Morgan fingerprint density at radius 3 is 1.84 bits per heavy atom. The van der Waals surface area contributed by atoms with E-state index >= 15 is 0 Å². The molecule has 1 unspecified atom stereocenters. The van der Waals surface area contributed by atoms with Crippen LogP contribution >= 0.6 is 23.2 Å². The maximum atomic E-state index is 13.1. The molecule has 43 heavy (non-hydrogen) atoms. The SMILES string of the molecule is Cc1c(Cl)cccc1NC(=O)COC(=O)c1ccc2c(c1)C(=O)N(C(C)C(=O)OCC(=O)Nc1cccc(Cl)c1C)C2=O. The van der Waals surface area contributed by atoms with E-state index in [1.54, 1.807) is 50.2 Å². The Kier molecular flexibility index (Phi) is 9.47. The number of hydrogen-bond donors (Lipinski definition) is 2. The second kappa shape index (κ2) is 13.1. The minimum atomic E-state index is -1.37. The van der Waals surface area contributed by atoms with Crippen molar-refractivity contribution in [3.63, 3.8) is 0 Å². The third-order valence-electron chi connectivity index (χ3n) is 6.65. The van der Waals surface area contributed by atoms with Crippen LogP contribution in [0.2, 0.25) is 10.0 Å². The lowest BCUT2D eigenvalue weighted by Crippen LogP contribution is -2.44. The summed E-state index contributed by atoms with van der Waals surface area (Å²) in [6.45, 7) is 3.42. The number of anilines is 2. The summed E-state index contributed by atoms with van der Waals surface area (Å²) in [7, 11) is 0. The first kappa shape index (κ1) is 31.2. The molecule has 1 aliphatic rings. The fourth-order valence-electron chi connectivity index (χ4n) is 4.17. The fraction of sp³-hybridized carbons (Fsp3) is 0.200. The second-order valence-electron chi connectivity index (χ2n) is 9.52. The van der Waals surface area contributed by atoms with Crippen LogP contribution in [0, 0.1) is 13.8 Å². The summed E-state index contributed by atoms with van der Waals surface area (Å²) in [6.07, 6.45) is 0. The van der Waals surface area contributed by atoms with E-state index in [2.05, 4.69) is 10.6 Å². The van der Waals surface area contributed by atoms with Gasteiger partial charge in [0.2, 0.25) is 0 Å². The molecule has 1 aliphatic heterocycles. The van der Waals surface area contributed by atoms with E-state index in [1.165, 1.54) is 19.1 Å². The zero-order chi connectivity index (χ0) is 31.4. The van der Waals surface area contributed by atoms with Crippen LogP contribution in [0.15, 0.2) is 54.6 Å². The molecule has 0 bridgehead atoms. The minimum Gasteiger partial charge on any atom is -0.454 e. The van der Waals surface area contributed by atoms with Gasteiger partial charge in [0, 0.05) is 21.4 Å². The van der Waals surface area contributed by atoms with E-state index in [1.807, 2.05) is 0 Å². The molecule has 4 amide bonds. The van der Waals surface area contributed by atoms with Crippen LogP contribution in [0.4, 0.5) is 11.4 Å². The van der Waals surface area contributed by atoms with Crippen molar-refractivity contribution < 1.29 is 38.2 Å². The molecular weight excluding hydrogens is 601 g/mol. The van der Waals surface area contributed by atoms with Gasteiger partial charge in [-0.3, -0.25) is 24.1 Å². The summed E-state index contributed by atoms with van der Waals surface area (Å²) < 4.78 is 10.1. The number of hydrogen-bond acceptors (Lipinski definition) is 8. The number of amides is 4. The topological polar surface area (TPSA) is 148 Å². The van der Waals surface area contributed by atoms with Gasteiger partial charge in [-0.05, 0) is 74.4 Å². The molecule has 13 heteroatoms. The zero-order valence-corrected chi connectivity index (χ0v) is 24.7. The van der Waals surface area contributed by atoms with Crippen molar-refractivity contribution in [3.05, 3.63) is 92.5 Å². The first-order valence-electron chi connectivity index (χ1n) is 12.8. The molecule has 0 spiro atoms. The number of fused-ring (bicyclic) bond motifs is 1. The van der Waals surface area contributed by atoms with Gasteiger partial charge in [0.1, 0.15) is 6.04 Å². The molecule has 4 rings (SSSR count). The van der Waals surface area contributed by atoms with Gasteiger partial charge < -0.3 is 20.1 Å². The van der Waals surface area contributed by atoms with Crippen LogP contribution in [-0.2, 0) is 23.9 Å². The molecular formula is C30H25Cl2N3O8. The Morgan fingerprint density at radius 2 is 1.28 bits per heavy atom. The number of carbonyl (C=O) groups is 6. The number of carbonyl (C=O) groups excluding carboxylic acids is 6. The Bertz CT molecular complexity index is 1670. The maximum Gasteiger partial charge on any atom is 0.338 e. The molecule has 222 valence electrons. The summed E-state index contributed by atoms with van der Waals surface area (Å²) >= 11 is 12.1. The van der Waals surface area contributed by atoms with Crippen molar-refractivity contribution in [1.29, 1.82) is 0 Å². The molecule has 3 aromatic carbocycles. The van der Waals surface area contributed by atoms with Crippen LogP contribution in [0.25, 0.3) is 0 Å². The van der Waals surface area contributed by atoms with Crippen LogP contribution in [0.5, 0.6) is 0 Å². The Labute approximate surface area is 256 Å². The third-order valence-corrected chi connectivity index (χ3v) is 7.46. The first-order chi connectivity index (χ1) is 20.4. The van der Waals surface area contributed by atoms with Gasteiger partial charge in [0.15, 0.2) is 13.2 Å². The summed E-state index contributed by atoms with van der Waals surface area (Å²) in [5.41, 5.74) is 1.91. The smallest absolute Gasteiger partial charge is 0.338 e. The lowest BCUT2D eigenvalue weighted by atomic mass is 10.1. The highest BCUT2D eigenvalue weighted by molar-refractivity contribution is 6.32. The zero-order valence-electron chi connectivity index (χ0n) is 23.2. The van der Waals surface area contributed by atoms with Gasteiger partial charge in [-0.15, -0.1) is 0 Å². The monoisotopic (exact) mass is 625 g/mol. The molecule has 0 radical (unpaired) electrons. The highest BCUT2D eigenvalue weighted by Crippen LogP contribution is 2.27. The molecule has 0 saturated heterocycles. The highest BCUT2D eigenvalue weighted by atomic mass is 35.5. The normalized spacial score (nSPS) is 12.8. The molecule has 2 N–H and O–H groups in total. The van der Waals surface area contributed by atoms with E-state index in [0.29, 0.717) is 37.4 Å². The summed E-state index contributed by atoms with van der Waals surface area (Å²) in [6, 6.07) is 12.2. The number of halogens is 2. The van der Waals surface area contributed by atoms with Gasteiger partial charge in [0.05, 0.1) is 16.7 Å².